The fraction of sp³-hybridized carbons (Fsp3) is 0.333. The minimum Gasteiger partial charge on any atom is -0.354 e. The molecule has 0 aromatic heterocycles. The lowest BCUT2D eigenvalue weighted by molar-refractivity contribution is -0.140. The van der Waals surface area contributed by atoms with Crippen molar-refractivity contribution in [3.63, 3.8) is 0 Å². The molecule has 0 spiro atoms. The molecule has 0 aliphatic carbocycles. The second-order valence-electron chi connectivity index (χ2n) is 9.56. The van der Waals surface area contributed by atoms with Crippen LogP contribution in [0.5, 0.6) is 0 Å². The smallest absolute Gasteiger partial charge is 0.243 e. The van der Waals surface area contributed by atoms with Crippen molar-refractivity contribution in [1.29, 1.82) is 0 Å². The maximum absolute atomic E-state index is 14.7. The Balaban J connectivity index is 2.00. The number of hydrogen-bond acceptors (Lipinski definition) is 2. The van der Waals surface area contributed by atoms with Crippen molar-refractivity contribution in [3.05, 3.63) is 106 Å². The van der Waals surface area contributed by atoms with E-state index in [2.05, 4.69) is 5.32 Å². The van der Waals surface area contributed by atoms with Crippen LogP contribution in [0.25, 0.3) is 0 Å². The van der Waals surface area contributed by atoms with Gasteiger partial charge in [0.05, 0.1) is 6.42 Å². The Morgan fingerprint density at radius 3 is 2.29 bits per heavy atom. The molecule has 3 aromatic rings. The standard InChI is InChI=1S/C30H35FN2O2/c1-21(2)19-32-30(35)28(17-24-10-6-5-7-11-24)33(20-25-12-8-9-13-27(25)31)29(34)18-26-16-22(3)14-15-23(26)4/h5-16,21,28H,17-20H2,1-4H3,(H,32,35)/t28-/m1/s1. The van der Waals surface area contributed by atoms with Crippen LogP contribution in [0.15, 0.2) is 72.8 Å². The molecule has 0 aliphatic heterocycles. The predicted molar refractivity (Wildman–Crippen MR) is 138 cm³/mol. The van der Waals surface area contributed by atoms with E-state index in [0.717, 1.165) is 22.3 Å². The summed E-state index contributed by atoms with van der Waals surface area (Å²) in [6.07, 6.45) is 0.489. The summed E-state index contributed by atoms with van der Waals surface area (Å²) in [6.45, 7) is 8.53. The highest BCUT2D eigenvalue weighted by molar-refractivity contribution is 5.89. The van der Waals surface area contributed by atoms with Gasteiger partial charge in [0.25, 0.3) is 0 Å². The van der Waals surface area contributed by atoms with Gasteiger partial charge in [0, 0.05) is 25.1 Å². The monoisotopic (exact) mass is 474 g/mol. The van der Waals surface area contributed by atoms with Crippen LogP contribution in [0.2, 0.25) is 0 Å². The Morgan fingerprint density at radius 2 is 1.60 bits per heavy atom. The molecule has 3 aromatic carbocycles. The highest BCUT2D eigenvalue weighted by Gasteiger charge is 2.31. The molecule has 0 bridgehead atoms. The molecule has 4 nitrogen and oxygen atoms in total. The second kappa shape index (κ2) is 12.3. The van der Waals surface area contributed by atoms with E-state index >= 15 is 0 Å². The van der Waals surface area contributed by atoms with Gasteiger partial charge in [0.2, 0.25) is 11.8 Å². The van der Waals surface area contributed by atoms with Crippen molar-refractivity contribution in [2.24, 2.45) is 5.92 Å². The summed E-state index contributed by atoms with van der Waals surface area (Å²) in [5, 5.41) is 3.00. The van der Waals surface area contributed by atoms with E-state index in [9.17, 15) is 14.0 Å². The largest absolute Gasteiger partial charge is 0.354 e. The summed E-state index contributed by atoms with van der Waals surface area (Å²) in [5.41, 5.74) is 4.31. The van der Waals surface area contributed by atoms with Crippen LogP contribution in [-0.2, 0) is 29.0 Å². The van der Waals surface area contributed by atoms with Crippen molar-refractivity contribution >= 4 is 11.8 Å². The van der Waals surface area contributed by atoms with Crippen LogP contribution in [0.3, 0.4) is 0 Å². The number of amides is 2. The molecule has 1 N–H and O–H groups in total. The van der Waals surface area contributed by atoms with Gasteiger partial charge in [-0.15, -0.1) is 0 Å². The maximum Gasteiger partial charge on any atom is 0.243 e. The van der Waals surface area contributed by atoms with Crippen LogP contribution in [0.4, 0.5) is 4.39 Å². The first-order valence-electron chi connectivity index (χ1n) is 12.1. The third-order valence-corrected chi connectivity index (χ3v) is 6.10. The lowest BCUT2D eigenvalue weighted by Gasteiger charge is -2.32. The van der Waals surface area contributed by atoms with Gasteiger partial charge in [-0.1, -0.05) is 86.1 Å². The number of carbonyl (C=O) groups excluding carboxylic acids is 2. The number of rotatable bonds is 10. The fourth-order valence-electron chi connectivity index (χ4n) is 4.04. The van der Waals surface area contributed by atoms with Crippen molar-refractivity contribution in [3.8, 4) is 0 Å². The molecule has 0 unspecified atom stereocenters. The summed E-state index contributed by atoms with van der Waals surface area (Å²) < 4.78 is 14.7. The zero-order chi connectivity index (χ0) is 25.4. The summed E-state index contributed by atoms with van der Waals surface area (Å²) in [7, 11) is 0. The first-order chi connectivity index (χ1) is 16.7. The third-order valence-electron chi connectivity index (χ3n) is 6.10. The van der Waals surface area contributed by atoms with Gasteiger partial charge >= 0.3 is 0 Å². The van der Waals surface area contributed by atoms with E-state index in [1.807, 2.05) is 76.2 Å². The number of nitrogens with zero attached hydrogens (tertiary/aromatic N) is 1. The molecule has 184 valence electrons. The lowest BCUT2D eigenvalue weighted by Crippen LogP contribution is -2.51. The van der Waals surface area contributed by atoms with Gasteiger partial charge in [-0.3, -0.25) is 9.59 Å². The molecule has 0 aliphatic rings. The van der Waals surface area contributed by atoms with Crippen LogP contribution in [0, 0.1) is 25.6 Å². The average Bonchev–Trinajstić information content (AvgIpc) is 2.83. The van der Waals surface area contributed by atoms with Gasteiger partial charge in [-0.25, -0.2) is 4.39 Å². The molecule has 1 atom stereocenters. The molecule has 0 saturated carbocycles. The normalized spacial score (nSPS) is 11.8. The number of carbonyl (C=O) groups is 2. The topological polar surface area (TPSA) is 49.4 Å². The van der Waals surface area contributed by atoms with Gasteiger partial charge in [0.1, 0.15) is 11.9 Å². The maximum atomic E-state index is 14.7. The van der Waals surface area contributed by atoms with Gasteiger partial charge < -0.3 is 10.2 Å². The lowest BCUT2D eigenvalue weighted by atomic mass is 9.99. The highest BCUT2D eigenvalue weighted by Crippen LogP contribution is 2.20. The predicted octanol–water partition coefficient (Wildman–Crippen LogP) is 5.40. The SMILES string of the molecule is Cc1ccc(C)c(CC(=O)N(Cc2ccccc2F)[C@H](Cc2ccccc2)C(=O)NCC(C)C)c1. The first kappa shape index (κ1) is 26.1. The minimum atomic E-state index is -0.770. The Kier molecular flexibility index (Phi) is 9.18. The number of nitrogens with one attached hydrogen (secondary N) is 1. The highest BCUT2D eigenvalue weighted by atomic mass is 19.1. The zero-order valence-electron chi connectivity index (χ0n) is 21.1. The van der Waals surface area contributed by atoms with E-state index in [1.165, 1.54) is 6.07 Å². The molecule has 0 saturated heterocycles. The molecular formula is C30H35FN2O2. The minimum absolute atomic E-state index is 0.0168. The fourth-order valence-corrected chi connectivity index (χ4v) is 4.04. The first-order valence-corrected chi connectivity index (χ1v) is 12.1. The summed E-state index contributed by atoms with van der Waals surface area (Å²) in [4.78, 5) is 28.8. The van der Waals surface area contributed by atoms with Crippen molar-refractivity contribution in [2.45, 2.75) is 53.1 Å². The zero-order valence-corrected chi connectivity index (χ0v) is 21.1. The van der Waals surface area contributed by atoms with E-state index in [-0.39, 0.29) is 30.7 Å². The molecule has 2 amide bonds. The number of halogens is 1. The van der Waals surface area contributed by atoms with Gasteiger partial charge in [0.15, 0.2) is 0 Å². The van der Waals surface area contributed by atoms with Gasteiger partial charge in [-0.05, 0) is 42.5 Å². The number of aryl methyl sites for hydroxylation is 2. The molecule has 0 radical (unpaired) electrons. The Morgan fingerprint density at radius 1 is 0.914 bits per heavy atom. The molecule has 3 rings (SSSR count). The molecular weight excluding hydrogens is 439 g/mol. The van der Waals surface area contributed by atoms with Crippen molar-refractivity contribution in [1.82, 2.24) is 10.2 Å². The van der Waals surface area contributed by atoms with E-state index in [0.29, 0.717) is 18.5 Å². The molecule has 0 heterocycles. The molecule has 35 heavy (non-hydrogen) atoms. The van der Waals surface area contributed by atoms with E-state index in [1.54, 1.807) is 23.1 Å². The van der Waals surface area contributed by atoms with Gasteiger partial charge in [-0.2, -0.15) is 0 Å². The van der Waals surface area contributed by atoms with Crippen LogP contribution < -0.4 is 5.32 Å². The second-order valence-corrected chi connectivity index (χ2v) is 9.56. The molecule has 5 heteroatoms. The van der Waals surface area contributed by atoms with Crippen molar-refractivity contribution in [2.75, 3.05) is 6.54 Å². The quantitative estimate of drug-likeness (QED) is 0.428. The van der Waals surface area contributed by atoms with E-state index in [4.69, 9.17) is 0 Å². The Bertz CT molecular complexity index is 1140. The average molecular weight is 475 g/mol. The number of hydrogen-bond donors (Lipinski definition) is 1. The van der Waals surface area contributed by atoms with Crippen LogP contribution in [0.1, 0.15) is 41.7 Å². The summed E-state index contributed by atoms with van der Waals surface area (Å²) in [6, 6.07) is 21.3. The van der Waals surface area contributed by atoms with Crippen LogP contribution >= 0.6 is 0 Å². The van der Waals surface area contributed by atoms with E-state index < -0.39 is 11.9 Å². The van der Waals surface area contributed by atoms with Crippen LogP contribution in [-0.4, -0.2) is 29.3 Å². The summed E-state index contributed by atoms with van der Waals surface area (Å²) in [5.74, 6) is -0.559. The molecule has 0 fully saturated rings. The Hall–Kier alpha value is -3.47. The third kappa shape index (κ3) is 7.51. The summed E-state index contributed by atoms with van der Waals surface area (Å²) >= 11 is 0. The number of benzene rings is 3. The Labute approximate surface area is 208 Å². The van der Waals surface area contributed by atoms with Crippen molar-refractivity contribution < 1.29 is 14.0 Å².